The first kappa shape index (κ1) is 19.8. The number of para-hydroxylation sites is 1. The maximum absolute atomic E-state index is 12.4. The number of nitrogens with one attached hydrogen (secondary N) is 1. The molecule has 0 aliphatic carbocycles. The van der Waals surface area contributed by atoms with Gasteiger partial charge in [-0.3, -0.25) is 4.72 Å². The Morgan fingerprint density at radius 1 is 1.18 bits per heavy atom. The third-order valence-corrected chi connectivity index (χ3v) is 5.19. The summed E-state index contributed by atoms with van der Waals surface area (Å²) in [5.41, 5.74) is 1.82. The molecule has 146 valence electrons. The second-order valence-electron chi connectivity index (χ2n) is 5.87. The van der Waals surface area contributed by atoms with E-state index in [1.165, 1.54) is 23.5 Å². The molecule has 28 heavy (non-hydrogen) atoms. The van der Waals surface area contributed by atoms with Crippen molar-refractivity contribution in [2.45, 2.75) is 6.61 Å². The van der Waals surface area contributed by atoms with Gasteiger partial charge < -0.3 is 9.47 Å². The molecular weight excluding hydrogens is 400 g/mol. The van der Waals surface area contributed by atoms with Crippen LogP contribution < -0.4 is 9.46 Å². The number of ether oxygens (including phenoxy) is 2. The Bertz CT molecular complexity index is 1090. The molecule has 1 heterocycles. The molecule has 0 aliphatic rings. The summed E-state index contributed by atoms with van der Waals surface area (Å²) >= 11 is 1.43. The lowest BCUT2D eigenvalue weighted by Crippen LogP contribution is -2.14. The van der Waals surface area contributed by atoms with Gasteiger partial charge in [0.15, 0.2) is 0 Å². The lowest BCUT2D eigenvalue weighted by atomic mass is 10.2. The van der Waals surface area contributed by atoms with Crippen LogP contribution in [0.3, 0.4) is 0 Å². The maximum atomic E-state index is 12.4. The molecule has 0 saturated heterocycles. The minimum atomic E-state index is -3.51. The largest absolute Gasteiger partial charge is 0.497 e. The standard InChI is InChI=1S/C19H18N2O5S2/c1-25-15-7-5-6-13(10-15)18-20-14(12-27-18)11-26-19(22)16-8-3-4-9-17(16)21-28(2,23)24/h3-10,12,21H,11H2,1-2H3. The molecule has 0 bridgehead atoms. The van der Waals surface area contributed by atoms with Gasteiger partial charge in [-0.05, 0) is 24.3 Å². The van der Waals surface area contributed by atoms with Crippen LogP contribution in [0.2, 0.25) is 0 Å². The number of hydrogen-bond donors (Lipinski definition) is 1. The number of benzene rings is 2. The summed E-state index contributed by atoms with van der Waals surface area (Å²) in [6.07, 6.45) is 1.02. The highest BCUT2D eigenvalue weighted by atomic mass is 32.2. The maximum Gasteiger partial charge on any atom is 0.340 e. The van der Waals surface area contributed by atoms with Gasteiger partial charge in [0.1, 0.15) is 17.4 Å². The van der Waals surface area contributed by atoms with E-state index in [0.29, 0.717) is 5.69 Å². The number of methoxy groups -OCH3 is 1. The predicted molar refractivity (Wildman–Crippen MR) is 108 cm³/mol. The SMILES string of the molecule is COc1cccc(-c2nc(COC(=O)c3ccccc3NS(C)(=O)=O)cs2)c1. The number of hydrogen-bond acceptors (Lipinski definition) is 7. The molecule has 1 N–H and O–H groups in total. The van der Waals surface area contributed by atoms with E-state index in [9.17, 15) is 13.2 Å². The fourth-order valence-electron chi connectivity index (χ4n) is 2.43. The normalized spacial score (nSPS) is 11.1. The molecular formula is C19H18N2O5S2. The lowest BCUT2D eigenvalue weighted by molar-refractivity contribution is 0.0470. The predicted octanol–water partition coefficient (Wildman–Crippen LogP) is 3.55. The van der Waals surface area contributed by atoms with E-state index in [0.717, 1.165) is 22.6 Å². The molecule has 3 aromatic rings. The number of anilines is 1. The van der Waals surface area contributed by atoms with Crippen molar-refractivity contribution < 1.29 is 22.7 Å². The monoisotopic (exact) mass is 418 g/mol. The fourth-order valence-corrected chi connectivity index (χ4v) is 3.81. The topological polar surface area (TPSA) is 94.6 Å². The summed E-state index contributed by atoms with van der Waals surface area (Å²) in [7, 11) is -1.91. The summed E-state index contributed by atoms with van der Waals surface area (Å²) < 4.78 is 35.8. The number of esters is 1. The van der Waals surface area contributed by atoms with Crippen molar-refractivity contribution in [1.29, 1.82) is 0 Å². The quantitative estimate of drug-likeness (QED) is 0.590. The van der Waals surface area contributed by atoms with E-state index < -0.39 is 16.0 Å². The van der Waals surface area contributed by atoms with Crippen LogP contribution in [0.25, 0.3) is 10.6 Å². The van der Waals surface area contributed by atoms with Crippen LogP contribution in [0, 0.1) is 0 Å². The van der Waals surface area contributed by atoms with E-state index in [-0.39, 0.29) is 17.9 Å². The van der Waals surface area contributed by atoms with Gasteiger partial charge in [0, 0.05) is 10.9 Å². The van der Waals surface area contributed by atoms with Crippen molar-refractivity contribution in [2.75, 3.05) is 18.1 Å². The zero-order valence-electron chi connectivity index (χ0n) is 15.2. The number of aromatic nitrogens is 1. The van der Waals surface area contributed by atoms with Gasteiger partial charge in [0.05, 0.1) is 30.3 Å². The van der Waals surface area contributed by atoms with Gasteiger partial charge in [-0.15, -0.1) is 11.3 Å². The van der Waals surface area contributed by atoms with Gasteiger partial charge in [-0.25, -0.2) is 18.2 Å². The van der Waals surface area contributed by atoms with E-state index in [1.54, 1.807) is 19.2 Å². The molecule has 0 atom stereocenters. The summed E-state index contributed by atoms with van der Waals surface area (Å²) in [5.74, 6) is 0.0957. The molecule has 0 unspecified atom stereocenters. The number of rotatable bonds is 7. The van der Waals surface area contributed by atoms with Gasteiger partial charge in [0.2, 0.25) is 10.0 Å². The van der Waals surface area contributed by atoms with Crippen LogP contribution in [-0.2, 0) is 21.4 Å². The Labute approximate surface area is 167 Å². The molecule has 3 rings (SSSR count). The second kappa shape index (κ2) is 8.41. The molecule has 9 heteroatoms. The molecule has 0 aliphatic heterocycles. The van der Waals surface area contributed by atoms with Crippen LogP contribution in [0.1, 0.15) is 16.1 Å². The summed E-state index contributed by atoms with van der Waals surface area (Å²) in [4.78, 5) is 16.9. The van der Waals surface area contributed by atoms with Crippen molar-refractivity contribution in [3.63, 3.8) is 0 Å². The molecule has 0 radical (unpaired) electrons. The highest BCUT2D eigenvalue weighted by molar-refractivity contribution is 7.92. The third kappa shape index (κ3) is 5.08. The molecule has 0 fully saturated rings. The van der Waals surface area contributed by atoms with Crippen LogP contribution in [0.4, 0.5) is 5.69 Å². The van der Waals surface area contributed by atoms with Crippen molar-refractivity contribution in [1.82, 2.24) is 4.98 Å². The Balaban J connectivity index is 1.70. The lowest BCUT2D eigenvalue weighted by Gasteiger charge is -2.09. The molecule has 0 spiro atoms. The van der Waals surface area contributed by atoms with Crippen LogP contribution in [-0.4, -0.2) is 32.7 Å². The summed E-state index contributed by atoms with van der Waals surface area (Å²) in [6.45, 7) is -0.0213. The Hall–Kier alpha value is -2.91. The third-order valence-electron chi connectivity index (χ3n) is 3.66. The smallest absolute Gasteiger partial charge is 0.340 e. The highest BCUT2D eigenvalue weighted by Crippen LogP contribution is 2.27. The van der Waals surface area contributed by atoms with Gasteiger partial charge >= 0.3 is 5.97 Å². The number of carbonyl (C=O) groups excluding carboxylic acids is 1. The highest BCUT2D eigenvalue weighted by Gasteiger charge is 2.16. The summed E-state index contributed by atoms with van der Waals surface area (Å²) in [6, 6.07) is 13.8. The van der Waals surface area contributed by atoms with Crippen LogP contribution in [0.15, 0.2) is 53.9 Å². The molecule has 0 saturated carbocycles. The fraction of sp³-hybridized carbons (Fsp3) is 0.158. The number of thiazole rings is 1. The van der Waals surface area contributed by atoms with E-state index in [1.807, 2.05) is 29.6 Å². The van der Waals surface area contributed by atoms with E-state index in [2.05, 4.69) is 9.71 Å². The summed E-state index contributed by atoms with van der Waals surface area (Å²) in [5, 5.41) is 2.59. The molecule has 0 amide bonds. The Kier molecular flexibility index (Phi) is 5.96. The van der Waals surface area contributed by atoms with Crippen LogP contribution in [0.5, 0.6) is 5.75 Å². The minimum Gasteiger partial charge on any atom is -0.497 e. The van der Waals surface area contributed by atoms with Crippen molar-refractivity contribution in [3.05, 3.63) is 65.2 Å². The zero-order valence-corrected chi connectivity index (χ0v) is 16.8. The van der Waals surface area contributed by atoms with Crippen molar-refractivity contribution in [3.8, 4) is 16.3 Å². The zero-order chi connectivity index (χ0) is 20.1. The van der Waals surface area contributed by atoms with E-state index in [4.69, 9.17) is 9.47 Å². The number of sulfonamides is 1. The minimum absolute atomic E-state index is 0.0213. The second-order valence-corrected chi connectivity index (χ2v) is 8.48. The van der Waals surface area contributed by atoms with Gasteiger partial charge in [-0.1, -0.05) is 24.3 Å². The Morgan fingerprint density at radius 2 is 1.96 bits per heavy atom. The van der Waals surface area contributed by atoms with Gasteiger partial charge in [-0.2, -0.15) is 0 Å². The average Bonchev–Trinajstić information content (AvgIpc) is 3.14. The van der Waals surface area contributed by atoms with Crippen molar-refractivity contribution >= 4 is 33.0 Å². The first-order valence-electron chi connectivity index (χ1n) is 8.18. The van der Waals surface area contributed by atoms with Gasteiger partial charge in [0.25, 0.3) is 0 Å². The molecule has 2 aromatic carbocycles. The first-order valence-corrected chi connectivity index (χ1v) is 11.0. The first-order chi connectivity index (χ1) is 13.4. The number of carbonyl (C=O) groups is 1. The Morgan fingerprint density at radius 3 is 2.71 bits per heavy atom. The average molecular weight is 418 g/mol. The molecule has 7 nitrogen and oxygen atoms in total. The van der Waals surface area contributed by atoms with E-state index >= 15 is 0 Å². The molecule has 1 aromatic heterocycles. The van der Waals surface area contributed by atoms with Crippen LogP contribution >= 0.6 is 11.3 Å². The van der Waals surface area contributed by atoms with Crippen molar-refractivity contribution in [2.24, 2.45) is 0 Å². The number of nitrogens with zero attached hydrogens (tertiary/aromatic N) is 1.